The van der Waals surface area contributed by atoms with Gasteiger partial charge in [0.05, 0.1) is 5.75 Å². The Morgan fingerprint density at radius 1 is 1.40 bits per heavy atom. The van der Waals surface area contributed by atoms with Gasteiger partial charge in [-0.3, -0.25) is 0 Å². The van der Waals surface area contributed by atoms with Gasteiger partial charge in [-0.25, -0.2) is 0 Å². The molecule has 0 atom stereocenters. The molecule has 4 heteroatoms. The highest BCUT2D eigenvalue weighted by Crippen LogP contribution is 2.02. The summed E-state index contributed by atoms with van der Waals surface area (Å²) in [4.78, 5) is 0. The van der Waals surface area contributed by atoms with E-state index >= 15 is 0 Å². The first-order valence-corrected chi connectivity index (χ1v) is 3.23. The highest BCUT2D eigenvalue weighted by atomic mass is 16.4. The van der Waals surface area contributed by atoms with E-state index in [1.165, 1.54) is 0 Å². The first-order valence-electron chi connectivity index (χ1n) is 3.23. The zero-order valence-electron chi connectivity index (χ0n) is 6.00. The molecule has 2 nitrogen and oxygen atoms in total. The van der Waals surface area contributed by atoms with E-state index in [0.717, 1.165) is 11.2 Å². The Kier molecular flexibility index (Phi) is 2.40. The van der Waals surface area contributed by atoms with Crippen molar-refractivity contribution < 1.29 is 4.65 Å². The van der Waals surface area contributed by atoms with Crippen LogP contribution in [0.5, 0.6) is 5.75 Å². The Hall–Kier alpha value is -0.890. The average Bonchev–Trinajstić information content (AvgIpc) is 1.94. The fourth-order valence-corrected chi connectivity index (χ4v) is 0.808. The van der Waals surface area contributed by atoms with Gasteiger partial charge >= 0.3 is 7.62 Å². The molecule has 0 unspecified atom stereocenters. The van der Waals surface area contributed by atoms with Crippen LogP contribution in [0.15, 0.2) is 24.3 Å². The second-order valence-electron chi connectivity index (χ2n) is 2.08. The maximum Gasteiger partial charge on any atom is 0.424 e. The highest BCUT2D eigenvalue weighted by molar-refractivity contribution is 6.35. The molecule has 50 valence electrons. The topological polar surface area (TPSA) is 35.2 Å². The van der Waals surface area contributed by atoms with Crippen LogP contribution in [-0.2, 0) is 0 Å². The number of hydrogen-bond acceptors (Lipinski definition) is 2. The van der Waals surface area contributed by atoms with Crippen molar-refractivity contribution in [2.45, 2.75) is 0 Å². The third-order valence-electron chi connectivity index (χ3n) is 1.33. The minimum absolute atomic E-state index is 0.241. The SMILES string of the molecule is Bc1ccccc1OBN. The van der Waals surface area contributed by atoms with Crippen molar-refractivity contribution in [3.05, 3.63) is 24.3 Å². The van der Waals surface area contributed by atoms with Crippen molar-refractivity contribution in [2.24, 2.45) is 5.64 Å². The lowest BCUT2D eigenvalue weighted by atomic mass is 9.95. The lowest BCUT2D eigenvalue weighted by molar-refractivity contribution is 0.600. The Balaban J connectivity index is 2.81. The third kappa shape index (κ3) is 1.54. The van der Waals surface area contributed by atoms with Gasteiger partial charge in [0, 0.05) is 0 Å². The summed E-state index contributed by atoms with van der Waals surface area (Å²) in [5, 5.41) is 0. The van der Waals surface area contributed by atoms with Gasteiger partial charge in [-0.2, -0.15) is 0 Å². The van der Waals surface area contributed by atoms with E-state index < -0.39 is 0 Å². The molecule has 0 heterocycles. The van der Waals surface area contributed by atoms with Crippen LogP contribution in [0.25, 0.3) is 0 Å². The zero-order chi connectivity index (χ0) is 7.40. The van der Waals surface area contributed by atoms with E-state index in [1.54, 1.807) is 0 Å². The molecule has 0 bridgehead atoms. The number of hydrogen-bond donors (Lipinski definition) is 1. The van der Waals surface area contributed by atoms with Crippen molar-refractivity contribution in [1.29, 1.82) is 0 Å². The monoisotopic (exact) mass is 133 g/mol. The number of para-hydroxylation sites is 1. The lowest BCUT2D eigenvalue weighted by Crippen LogP contribution is -2.18. The molecular formula is C6H9B2NO. The molecule has 0 aliphatic carbocycles. The smallest absolute Gasteiger partial charge is 0.424 e. The van der Waals surface area contributed by atoms with Crippen LogP contribution in [0, 0.1) is 0 Å². The van der Waals surface area contributed by atoms with Crippen molar-refractivity contribution in [1.82, 2.24) is 0 Å². The molecule has 0 aromatic heterocycles. The van der Waals surface area contributed by atoms with Crippen LogP contribution in [0.3, 0.4) is 0 Å². The Labute approximate surface area is 62.1 Å². The summed E-state index contributed by atoms with van der Waals surface area (Å²) >= 11 is 0. The van der Waals surface area contributed by atoms with Crippen LogP contribution in [0.1, 0.15) is 0 Å². The first-order chi connectivity index (χ1) is 4.84. The standard InChI is InChI=1S/C6H9B2NO/c7-5-3-1-2-4-6(5)10-8-9/h1-4,8H,7,9H2. The molecule has 2 N–H and O–H groups in total. The maximum atomic E-state index is 5.21. The number of rotatable bonds is 2. The van der Waals surface area contributed by atoms with Crippen molar-refractivity contribution in [2.75, 3.05) is 0 Å². The molecule has 0 amide bonds. The number of nitrogens with two attached hydrogens (primary N) is 1. The van der Waals surface area contributed by atoms with Crippen molar-refractivity contribution in [3.63, 3.8) is 0 Å². The van der Waals surface area contributed by atoms with Crippen LogP contribution in [-0.4, -0.2) is 15.5 Å². The summed E-state index contributed by atoms with van der Waals surface area (Å²) in [6.45, 7) is 0. The van der Waals surface area contributed by atoms with Gasteiger partial charge in [0.2, 0.25) is 0 Å². The van der Waals surface area contributed by atoms with E-state index in [4.69, 9.17) is 10.3 Å². The van der Waals surface area contributed by atoms with E-state index in [1.807, 2.05) is 32.1 Å². The minimum Gasteiger partial charge on any atom is -0.549 e. The van der Waals surface area contributed by atoms with Gasteiger partial charge in [0.25, 0.3) is 0 Å². The van der Waals surface area contributed by atoms with E-state index in [-0.39, 0.29) is 7.62 Å². The summed E-state index contributed by atoms with van der Waals surface area (Å²) in [6.07, 6.45) is 0. The molecule has 0 radical (unpaired) electrons. The maximum absolute atomic E-state index is 5.21. The molecule has 0 spiro atoms. The lowest BCUT2D eigenvalue weighted by Gasteiger charge is -2.04. The molecule has 0 saturated heterocycles. The van der Waals surface area contributed by atoms with Crippen LogP contribution < -0.4 is 15.8 Å². The molecule has 0 aliphatic rings. The fourth-order valence-electron chi connectivity index (χ4n) is 0.808. The molecule has 1 aromatic rings. The Morgan fingerprint density at radius 3 is 2.70 bits per heavy atom. The Morgan fingerprint density at radius 2 is 2.10 bits per heavy atom. The molecule has 0 fully saturated rings. The predicted molar refractivity (Wildman–Crippen MR) is 46.6 cm³/mol. The first kappa shape index (κ1) is 7.22. The molecule has 1 aromatic carbocycles. The summed E-state index contributed by atoms with van der Waals surface area (Å²) in [5.74, 6) is 0.866. The van der Waals surface area contributed by atoms with Crippen LogP contribution >= 0.6 is 0 Å². The zero-order valence-corrected chi connectivity index (χ0v) is 6.00. The fraction of sp³-hybridized carbons (Fsp3) is 0. The van der Waals surface area contributed by atoms with Crippen LogP contribution in [0.4, 0.5) is 0 Å². The molecular weight excluding hydrogens is 124 g/mol. The van der Waals surface area contributed by atoms with E-state index in [2.05, 4.69) is 0 Å². The summed E-state index contributed by atoms with van der Waals surface area (Å²) in [6, 6.07) is 7.80. The molecule has 0 saturated carbocycles. The van der Waals surface area contributed by atoms with Crippen molar-refractivity contribution >= 4 is 20.9 Å². The quantitative estimate of drug-likeness (QED) is 0.500. The number of benzene rings is 1. The second-order valence-corrected chi connectivity index (χ2v) is 2.08. The largest absolute Gasteiger partial charge is 0.549 e. The van der Waals surface area contributed by atoms with Gasteiger partial charge in [0.1, 0.15) is 7.85 Å². The van der Waals surface area contributed by atoms with Crippen LogP contribution in [0.2, 0.25) is 0 Å². The minimum atomic E-state index is 0.241. The van der Waals surface area contributed by atoms with E-state index in [0.29, 0.717) is 0 Å². The van der Waals surface area contributed by atoms with Crippen molar-refractivity contribution in [3.8, 4) is 5.75 Å². The Bertz CT molecular complexity index is 217. The van der Waals surface area contributed by atoms with Gasteiger partial charge in [-0.05, 0) is 11.5 Å². The molecule has 10 heavy (non-hydrogen) atoms. The normalized spacial score (nSPS) is 8.90. The van der Waals surface area contributed by atoms with Gasteiger partial charge in [-0.15, -0.1) is 0 Å². The predicted octanol–water partition coefficient (Wildman–Crippen LogP) is -1.45. The van der Waals surface area contributed by atoms with Gasteiger partial charge in [-0.1, -0.05) is 18.2 Å². The second kappa shape index (κ2) is 3.32. The summed E-state index contributed by atoms with van der Waals surface area (Å²) in [5.41, 5.74) is 6.33. The summed E-state index contributed by atoms with van der Waals surface area (Å²) in [7, 11) is 2.23. The summed E-state index contributed by atoms with van der Waals surface area (Å²) < 4.78 is 5.11. The molecule has 1 rings (SSSR count). The van der Waals surface area contributed by atoms with Gasteiger partial charge < -0.3 is 10.3 Å². The average molecular weight is 133 g/mol. The highest BCUT2D eigenvalue weighted by Gasteiger charge is 1.93. The van der Waals surface area contributed by atoms with E-state index in [9.17, 15) is 0 Å². The third-order valence-corrected chi connectivity index (χ3v) is 1.33. The van der Waals surface area contributed by atoms with Gasteiger partial charge in [0.15, 0.2) is 0 Å². The molecule has 0 aliphatic heterocycles.